The second-order valence-electron chi connectivity index (χ2n) is 25.2. The molecule has 6 nitrogen and oxygen atoms in total. The fourth-order valence-corrected chi connectivity index (χ4v) is 12.8. The number of hydrogen-bond acceptors (Lipinski definition) is 5. The van der Waals surface area contributed by atoms with Gasteiger partial charge < -0.3 is 9.16 Å². The maximum absolute atomic E-state index is 12.4. The van der Waals surface area contributed by atoms with Crippen molar-refractivity contribution in [3.8, 4) is 0 Å². The van der Waals surface area contributed by atoms with Crippen LogP contribution < -0.4 is 0 Å². The first kappa shape index (κ1) is 64.0. The molecule has 0 amide bonds. The van der Waals surface area contributed by atoms with Gasteiger partial charge in [0.05, 0.1) is 22.2 Å². The summed E-state index contributed by atoms with van der Waals surface area (Å²) in [6.45, 7) is 11.7. The summed E-state index contributed by atoms with van der Waals surface area (Å²) in [5, 5.41) is 12.5. The molecule has 3 rings (SSSR count). The van der Waals surface area contributed by atoms with Gasteiger partial charge in [-0.05, 0) is 49.9 Å². The van der Waals surface area contributed by atoms with E-state index in [4.69, 9.17) is 9.16 Å². The van der Waals surface area contributed by atoms with Crippen molar-refractivity contribution < 1.29 is 14.1 Å². The van der Waals surface area contributed by atoms with E-state index in [0.29, 0.717) is 12.0 Å². The zero-order valence-electron chi connectivity index (χ0n) is 48.3. The van der Waals surface area contributed by atoms with Crippen LogP contribution in [0.5, 0.6) is 0 Å². The molecule has 1 saturated carbocycles. The smallest absolute Gasteiger partial charge is 0.293 e. The molecule has 1 aromatic rings. The molecule has 0 N–H and O–H groups in total. The minimum atomic E-state index is -2.09. The van der Waals surface area contributed by atoms with Gasteiger partial charge in [-0.3, -0.25) is 15.1 Å². The van der Waals surface area contributed by atoms with Crippen LogP contribution in [-0.2, 0) is 9.16 Å². The highest BCUT2D eigenvalue weighted by Crippen LogP contribution is 2.50. The maximum Gasteiger partial charge on any atom is 0.293 e. The van der Waals surface area contributed by atoms with E-state index in [1.165, 1.54) is 289 Å². The van der Waals surface area contributed by atoms with Gasteiger partial charge in [-0.25, -0.2) is 0 Å². The summed E-state index contributed by atoms with van der Waals surface area (Å²) in [6, 6.07) is 1.85. The first-order chi connectivity index (χ1) is 34.5. The fraction of sp³-hybridized carbons (Fsp3) is 0.922. The van der Waals surface area contributed by atoms with Crippen molar-refractivity contribution in [3.63, 3.8) is 0 Å². The van der Waals surface area contributed by atoms with E-state index < -0.39 is 8.32 Å². The molecule has 1 aliphatic heterocycles. The molecule has 2 unspecified atom stereocenters. The SMILES string of the molecule is CC(C)(C)[Si](C)(C)OC1CCCCCCCCCCCCCCCCCCCCCCCCCCCCCCCCCCCCCCCCCCCCCCCC2(CC2)OC(c2ccncc2[N+](=O)[O-])C1. The van der Waals surface area contributed by atoms with Gasteiger partial charge in [-0.15, -0.1) is 0 Å². The Morgan fingerprint density at radius 1 is 0.507 bits per heavy atom. The Balaban J connectivity index is 1.44. The molecule has 2 heterocycles. The molecule has 0 bridgehead atoms. The van der Waals surface area contributed by atoms with Gasteiger partial charge >= 0.3 is 0 Å². The molecule has 2 aliphatic rings. The predicted molar refractivity (Wildman–Crippen MR) is 310 cm³/mol. The monoisotopic (exact) mass is 1010 g/mol. The van der Waals surface area contributed by atoms with E-state index >= 15 is 0 Å². The highest BCUT2D eigenvalue weighted by atomic mass is 28.4. The Morgan fingerprint density at radius 3 is 1.08 bits per heavy atom. The van der Waals surface area contributed by atoms with Gasteiger partial charge in [0.1, 0.15) is 6.20 Å². The molecule has 1 spiro atoms. The van der Waals surface area contributed by atoms with Crippen molar-refractivity contribution in [1.29, 1.82) is 0 Å². The third-order valence-electron chi connectivity index (χ3n) is 17.5. The number of ether oxygens (including phenoxy) is 1. The normalized spacial score (nSPS) is 24.6. The lowest BCUT2D eigenvalue weighted by Gasteiger charge is -2.40. The van der Waals surface area contributed by atoms with Crippen molar-refractivity contribution in [2.45, 2.75) is 378 Å². The zero-order valence-corrected chi connectivity index (χ0v) is 49.3. The van der Waals surface area contributed by atoms with Crippen LogP contribution in [0.1, 0.15) is 353 Å². The van der Waals surface area contributed by atoms with Gasteiger partial charge in [-0.2, -0.15) is 0 Å². The number of pyridine rings is 1. The van der Waals surface area contributed by atoms with E-state index in [-0.39, 0.29) is 33.5 Å². The van der Waals surface area contributed by atoms with E-state index in [1.54, 1.807) is 6.20 Å². The summed E-state index contributed by atoms with van der Waals surface area (Å²) in [5.74, 6) is 0. The number of aromatic nitrogens is 1. The van der Waals surface area contributed by atoms with Gasteiger partial charge in [-0.1, -0.05) is 310 Å². The molecule has 2 fully saturated rings. The standard InChI is InChI=1S/C64H120N2O4Si/c1-63(2,3)71(4,5)70-59-51-49-47-45-43-41-39-37-35-33-31-29-27-25-23-21-19-17-15-13-11-9-7-6-8-10-12-14-16-18-20-22-24-26-28-30-32-34-36-38-40-42-44-46-48-50-53-64(54-55-64)69-62(57-59)60-52-56-65-58-61(60)66(67)68/h52,56,58-59,62H,6-51,53-55,57H2,1-5H3. The van der Waals surface area contributed by atoms with Crippen molar-refractivity contribution in [3.05, 3.63) is 34.1 Å². The Hall–Kier alpha value is -1.31. The summed E-state index contributed by atoms with van der Waals surface area (Å²) in [6.07, 6.45) is 71.0. The van der Waals surface area contributed by atoms with Crippen LogP contribution in [0.4, 0.5) is 5.69 Å². The number of hydrogen-bond donors (Lipinski definition) is 0. The van der Waals surface area contributed by atoms with Gasteiger partial charge in [0.2, 0.25) is 0 Å². The lowest BCUT2D eigenvalue weighted by atomic mass is 9.98. The molecule has 414 valence electrons. The minimum absolute atomic E-state index is 0.0145. The summed E-state index contributed by atoms with van der Waals surface area (Å²) in [7, 11) is -2.09. The molecule has 0 radical (unpaired) electrons. The topological polar surface area (TPSA) is 74.5 Å². The number of nitrogens with zero attached hydrogens (tertiary/aromatic N) is 2. The van der Waals surface area contributed by atoms with Crippen molar-refractivity contribution in [1.82, 2.24) is 4.98 Å². The highest BCUT2D eigenvalue weighted by molar-refractivity contribution is 6.74. The largest absolute Gasteiger partial charge is 0.414 e. The third-order valence-corrected chi connectivity index (χ3v) is 22.0. The second-order valence-corrected chi connectivity index (χ2v) is 29.9. The van der Waals surface area contributed by atoms with Crippen molar-refractivity contribution >= 4 is 14.0 Å². The van der Waals surface area contributed by atoms with E-state index in [1.807, 2.05) is 6.07 Å². The second kappa shape index (κ2) is 40.9. The molecule has 1 saturated heterocycles. The van der Waals surface area contributed by atoms with Crippen LogP contribution in [0.25, 0.3) is 0 Å². The van der Waals surface area contributed by atoms with Crippen LogP contribution in [0.15, 0.2) is 18.5 Å². The highest BCUT2D eigenvalue weighted by Gasteiger charge is 2.47. The van der Waals surface area contributed by atoms with Gasteiger partial charge in [0, 0.05) is 18.7 Å². The predicted octanol–water partition coefficient (Wildman–Crippen LogP) is 22.7. The third kappa shape index (κ3) is 32.7. The van der Waals surface area contributed by atoms with Crippen LogP contribution in [-0.4, -0.2) is 29.9 Å². The molecular formula is C64H120N2O4Si. The summed E-state index contributed by atoms with van der Waals surface area (Å²) in [4.78, 5) is 16.3. The Kier molecular flexibility index (Phi) is 36.9. The van der Waals surface area contributed by atoms with Crippen molar-refractivity contribution in [2.75, 3.05) is 0 Å². The molecular weight excluding hydrogens is 889 g/mol. The molecule has 7 heteroatoms. The Labute approximate surface area is 443 Å². The molecule has 1 aliphatic carbocycles. The summed E-state index contributed by atoms with van der Waals surface area (Å²) < 4.78 is 14.4. The van der Waals surface area contributed by atoms with Crippen molar-refractivity contribution in [2.24, 2.45) is 0 Å². The molecule has 0 aromatic carbocycles. The lowest BCUT2D eigenvalue weighted by Crippen LogP contribution is -2.44. The quantitative estimate of drug-likeness (QED) is 0.171. The first-order valence-electron chi connectivity index (χ1n) is 32.0. The Morgan fingerprint density at radius 2 is 0.803 bits per heavy atom. The van der Waals surface area contributed by atoms with E-state index in [2.05, 4.69) is 38.8 Å². The van der Waals surface area contributed by atoms with Gasteiger partial charge in [0.15, 0.2) is 8.32 Å². The van der Waals surface area contributed by atoms with Crippen LogP contribution in [0.3, 0.4) is 0 Å². The van der Waals surface area contributed by atoms with Crippen LogP contribution in [0.2, 0.25) is 18.1 Å². The average Bonchev–Trinajstić information content (AvgIpc) is 4.11. The fourth-order valence-electron chi connectivity index (χ4n) is 11.4. The first-order valence-corrected chi connectivity index (χ1v) is 34.9. The maximum atomic E-state index is 12.4. The minimum Gasteiger partial charge on any atom is -0.414 e. The average molecular weight is 1010 g/mol. The summed E-state index contributed by atoms with van der Waals surface area (Å²) >= 11 is 0. The zero-order chi connectivity index (χ0) is 51.0. The van der Waals surface area contributed by atoms with Crippen LogP contribution >= 0.6 is 0 Å². The van der Waals surface area contributed by atoms with Crippen LogP contribution in [0, 0.1) is 10.1 Å². The summed E-state index contributed by atoms with van der Waals surface area (Å²) in [5.41, 5.74) is 0.596. The number of rotatable bonds is 4. The van der Waals surface area contributed by atoms with E-state index in [0.717, 1.165) is 32.1 Å². The molecule has 1 aromatic heterocycles. The van der Waals surface area contributed by atoms with E-state index in [9.17, 15) is 10.1 Å². The lowest BCUT2D eigenvalue weighted by molar-refractivity contribution is -0.386. The molecule has 71 heavy (non-hydrogen) atoms. The number of nitro groups is 1. The Bertz CT molecular complexity index is 1390. The molecule has 2 atom stereocenters. The van der Waals surface area contributed by atoms with Gasteiger partial charge in [0.25, 0.3) is 5.69 Å².